The highest BCUT2D eigenvalue weighted by atomic mass is 19.1. The standard InChI is InChI=1S/C23H27FN2O3/c24-19-8-6-18(7-9-19)23(28)11-14-26(15-12-23)13-2-16-29-20-4-1-3-17-5-10-21(27)25-22(17)20/h1,3-4,6-9,28H,2,5,10-16H2,(H,25,27). The Bertz CT molecular complexity index is 861. The SMILES string of the molecule is O=C1CCc2cccc(OCCCN3CCC(O)(c4ccc(F)cc4)CC3)c2N1. The summed E-state index contributed by atoms with van der Waals surface area (Å²) in [6.07, 6.45) is 3.42. The van der Waals surface area contributed by atoms with Crippen molar-refractivity contribution >= 4 is 11.6 Å². The maximum Gasteiger partial charge on any atom is 0.224 e. The van der Waals surface area contributed by atoms with Crippen molar-refractivity contribution in [2.24, 2.45) is 0 Å². The molecule has 2 aromatic rings. The average molecular weight is 398 g/mol. The first kappa shape index (κ1) is 19.9. The fourth-order valence-electron chi connectivity index (χ4n) is 4.16. The molecule has 0 aromatic heterocycles. The number of nitrogens with zero attached hydrogens (tertiary/aromatic N) is 1. The lowest BCUT2D eigenvalue weighted by Gasteiger charge is -2.38. The molecule has 2 heterocycles. The monoisotopic (exact) mass is 398 g/mol. The molecule has 0 radical (unpaired) electrons. The fourth-order valence-corrected chi connectivity index (χ4v) is 4.16. The van der Waals surface area contributed by atoms with E-state index < -0.39 is 5.60 Å². The number of ether oxygens (including phenoxy) is 1. The lowest BCUT2D eigenvalue weighted by Crippen LogP contribution is -2.43. The van der Waals surface area contributed by atoms with Gasteiger partial charge in [0.2, 0.25) is 5.91 Å². The van der Waals surface area contributed by atoms with Gasteiger partial charge in [-0.15, -0.1) is 0 Å². The van der Waals surface area contributed by atoms with E-state index >= 15 is 0 Å². The third-order valence-electron chi connectivity index (χ3n) is 5.94. The smallest absolute Gasteiger partial charge is 0.224 e. The molecule has 0 atom stereocenters. The number of piperidine rings is 1. The number of benzene rings is 2. The van der Waals surface area contributed by atoms with E-state index in [0.29, 0.717) is 25.9 Å². The van der Waals surface area contributed by atoms with E-state index in [9.17, 15) is 14.3 Å². The van der Waals surface area contributed by atoms with Crippen LogP contribution >= 0.6 is 0 Å². The molecule has 0 aliphatic carbocycles. The van der Waals surface area contributed by atoms with Crippen LogP contribution in [0.3, 0.4) is 0 Å². The first-order chi connectivity index (χ1) is 14.0. The number of fused-ring (bicyclic) bond motifs is 1. The molecule has 1 amide bonds. The molecular weight excluding hydrogens is 371 g/mol. The maximum absolute atomic E-state index is 13.1. The minimum Gasteiger partial charge on any atom is -0.491 e. The van der Waals surface area contributed by atoms with Crippen LogP contribution in [0, 0.1) is 5.82 Å². The summed E-state index contributed by atoms with van der Waals surface area (Å²) >= 11 is 0. The third kappa shape index (κ3) is 4.60. The van der Waals surface area contributed by atoms with Crippen LogP contribution in [0.4, 0.5) is 10.1 Å². The lowest BCUT2D eigenvalue weighted by molar-refractivity contribution is -0.116. The minimum absolute atomic E-state index is 0.0375. The summed E-state index contributed by atoms with van der Waals surface area (Å²) in [6.45, 7) is 3.06. The quantitative estimate of drug-likeness (QED) is 0.732. The highest BCUT2D eigenvalue weighted by Crippen LogP contribution is 2.34. The summed E-state index contributed by atoms with van der Waals surface area (Å²) in [5, 5.41) is 13.8. The van der Waals surface area contributed by atoms with E-state index in [-0.39, 0.29) is 11.7 Å². The molecule has 1 saturated heterocycles. The van der Waals surface area contributed by atoms with Crippen LogP contribution in [0.25, 0.3) is 0 Å². The van der Waals surface area contributed by atoms with Gasteiger partial charge in [-0.1, -0.05) is 24.3 Å². The number of amides is 1. The van der Waals surface area contributed by atoms with Crippen molar-refractivity contribution in [3.05, 3.63) is 59.4 Å². The Hall–Kier alpha value is -2.44. The van der Waals surface area contributed by atoms with Crippen molar-refractivity contribution in [3.8, 4) is 5.75 Å². The highest BCUT2D eigenvalue weighted by Gasteiger charge is 2.33. The number of carbonyl (C=O) groups excluding carboxylic acids is 1. The van der Waals surface area contributed by atoms with Crippen molar-refractivity contribution in [1.82, 2.24) is 4.90 Å². The molecule has 0 spiro atoms. The molecule has 154 valence electrons. The van der Waals surface area contributed by atoms with Crippen LogP contribution in [0.15, 0.2) is 42.5 Å². The Labute approximate surface area is 170 Å². The Kier molecular flexibility index (Phi) is 5.83. The van der Waals surface area contributed by atoms with Crippen LogP contribution < -0.4 is 10.1 Å². The predicted octanol–water partition coefficient (Wildman–Crippen LogP) is 3.46. The molecule has 0 unspecified atom stereocenters. The zero-order valence-electron chi connectivity index (χ0n) is 16.5. The van der Waals surface area contributed by atoms with Gasteiger partial charge in [-0.25, -0.2) is 4.39 Å². The number of para-hydroxylation sites is 1. The van der Waals surface area contributed by atoms with E-state index in [2.05, 4.69) is 10.2 Å². The van der Waals surface area contributed by atoms with Crippen molar-refractivity contribution < 1.29 is 19.0 Å². The summed E-state index contributed by atoms with van der Waals surface area (Å²) < 4.78 is 19.1. The van der Waals surface area contributed by atoms with Crippen molar-refractivity contribution in [1.29, 1.82) is 0 Å². The average Bonchev–Trinajstić information content (AvgIpc) is 2.73. The van der Waals surface area contributed by atoms with Gasteiger partial charge >= 0.3 is 0 Å². The van der Waals surface area contributed by atoms with Gasteiger partial charge in [0.1, 0.15) is 11.6 Å². The number of carbonyl (C=O) groups is 1. The summed E-state index contributed by atoms with van der Waals surface area (Å²) in [4.78, 5) is 14.0. The zero-order valence-corrected chi connectivity index (χ0v) is 16.5. The Balaban J connectivity index is 1.24. The molecule has 0 bridgehead atoms. The second kappa shape index (κ2) is 8.51. The van der Waals surface area contributed by atoms with Crippen LogP contribution in [0.5, 0.6) is 5.75 Å². The largest absolute Gasteiger partial charge is 0.491 e. The zero-order chi connectivity index (χ0) is 20.3. The van der Waals surface area contributed by atoms with Gasteiger partial charge in [-0.3, -0.25) is 4.79 Å². The molecule has 2 N–H and O–H groups in total. The van der Waals surface area contributed by atoms with Gasteiger partial charge in [0.25, 0.3) is 0 Å². The number of halogens is 1. The Morgan fingerprint density at radius 3 is 2.62 bits per heavy atom. The van der Waals surface area contributed by atoms with E-state index in [0.717, 1.165) is 55.0 Å². The van der Waals surface area contributed by atoms with Crippen molar-refractivity contribution in [2.45, 2.75) is 37.7 Å². The normalized spacial score (nSPS) is 18.8. The Morgan fingerprint density at radius 1 is 1.10 bits per heavy atom. The molecule has 6 heteroatoms. The molecule has 2 aliphatic heterocycles. The van der Waals surface area contributed by atoms with Crippen molar-refractivity contribution in [2.75, 3.05) is 31.6 Å². The molecule has 5 nitrogen and oxygen atoms in total. The van der Waals surface area contributed by atoms with Gasteiger partial charge in [-0.05, 0) is 55.0 Å². The topological polar surface area (TPSA) is 61.8 Å². The first-order valence-corrected chi connectivity index (χ1v) is 10.3. The molecule has 29 heavy (non-hydrogen) atoms. The minimum atomic E-state index is -0.873. The van der Waals surface area contributed by atoms with Crippen LogP contribution in [0.1, 0.15) is 36.8 Å². The van der Waals surface area contributed by atoms with Gasteiger partial charge < -0.3 is 20.1 Å². The second-order valence-corrected chi connectivity index (χ2v) is 7.92. The molecular formula is C23H27FN2O3. The molecule has 2 aromatic carbocycles. The summed E-state index contributed by atoms with van der Waals surface area (Å²) in [5.74, 6) is 0.490. The van der Waals surface area contributed by atoms with Crippen LogP contribution in [0.2, 0.25) is 0 Å². The number of hydrogen-bond acceptors (Lipinski definition) is 4. The number of anilines is 1. The van der Waals surface area contributed by atoms with Gasteiger partial charge in [0, 0.05) is 26.1 Å². The van der Waals surface area contributed by atoms with Gasteiger partial charge in [-0.2, -0.15) is 0 Å². The Morgan fingerprint density at radius 2 is 1.86 bits per heavy atom. The van der Waals surface area contributed by atoms with Crippen LogP contribution in [-0.4, -0.2) is 42.2 Å². The first-order valence-electron chi connectivity index (χ1n) is 10.3. The summed E-state index contributed by atoms with van der Waals surface area (Å²) in [5.41, 5.74) is 1.85. The molecule has 1 fully saturated rings. The van der Waals surface area contributed by atoms with Gasteiger partial charge in [0.15, 0.2) is 0 Å². The van der Waals surface area contributed by atoms with E-state index in [4.69, 9.17) is 4.74 Å². The fraction of sp³-hybridized carbons (Fsp3) is 0.435. The number of hydrogen-bond donors (Lipinski definition) is 2. The lowest BCUT2D eigenvalue weighted by atomic mass is 9.84. The summed E-state index contributed by atoms with van der Waals surface area (Å²) in [6, 6.07) is 12.1. The predicted molar refractivity (Wildman–Crippen MR) is 109 cm³/mol. The van der Waals surface area contributed by atoms with E-state index in [1.807, 2.05) is 18.2 Å². The third-order valence-corrected chi connectivity index (χ3v) is 5.94. The number of aliphatic hydroxyl groups is 1. The number of likely N-dealkylation sites (tertiary alicyclic amines) is 1. The number of nitrogens with one attached hydrogen (secondary N) is 1. The summed E-state index contributed by atoms with van der Waals surface area (Å²) in [7, 11) is 0. The maximum atomic E-state index is 13.1. The van der Waals surface area contributed by atoms with Crippen LogP contribution in [-0.2, 0) is 16.8 Å². The van der Waals surface area contributed by atoms with E-state index in [1.165, 1.54) is 12.1 Å². The number of aryl methyl sites for hydroxylation is 1. The molecule has 0 saturated carbocycles. The van der Waals surface area contributed by atoms with Gasteiger partial charge in [0.05, 0.1) is 17.9 Å². The second-order valence-electron chi connectivity index (χ2n) is 7.92. The molecule has 4 rings (SSSR count). The molecule has 2 aliphatic rings. The number of rotatable bonds is 6. The highest BCUT2D eigenvalue weighted by molar-refractivity contribution is 5.95. The van der Waals surface area contributed by atoms with E-state index in [1.54, 1.807) is 12.1 Å². The van der Waals surface area contributed by atoms with Crippen molar-refractivity contribution in [3.63, 3.8) is 0 Å².